The molecule has 90 valence electrons. The first kappa shape index (κ1) is 12.8. The minimum Gasteiger partial charge on any atom is -0.386 e. The van der Waals surface area contributed by atoms with E-state index >= 15 is 0 Å². The fourth-order valence-corrected chi connectivity index (χ4v) is 1.85. The SMILES string of the molecule is CC1CC(NCC(O)C(F)F)CCN1C. The molecule has 0 bridgehead atoms. The third kappa shape index (κ3) is 4.01. The minimum atomic E-state index is -2.65. The summed E-state index contributed by atoms with van der Waals surface area (Å²) in [5.41, 5.74) is 0. The van der Waals surface area contributed by atoms with E-state index in [0.717, 1.165) is 19.4 Å². The second-order valence-electron chi connectivity index (χ2n) is 4.36. The van der Waals surface area contributed by atoms with Crippen molar-refractivity contribution >= 4 is 0 Å². The quantitative estimate of drug-likeness (QED) is 0.734. The van der Waals surface area contributed by atoms with Gasteiger partial charge in [-0.1, -0.05) is 0 Å². The highest BCUT2D eigenvalue weighted by atomic mass is 19.3. The summed E-state index contributed by atoms with van der Waals surface area (Å²) in [6.07, 6.45) is -2.29. The summed E-state index contributed by atoms with van der Waals surface area (Å²) in [5, 5.41) is 11.9. The van der Waals surface area contributed by atoms with Gasteiger partial charge in [0.15, 0.2) is 0 Å². The fourth-order valence-electron chi connectivity index (χ4n) is 1.85. The molecule has 1 fully saturated rings. The Bertz CT molecular complexity index is 192. The number of likely N-dealkylation sites (tertiary alicyclic amines) is 1. The monoisotopic (exact) mass is 222 g/mol. The van der Waals surface area contributed by atoms with Crippen molar-refractivity contribution in [2.45, 2.75) is 44.4 Å². The van der Waals surface area contributed by atoms with Crippen LogP contribution in [0.15, 0.2) is 0 Å². The average Bonchev–Trinajstić information content (AvgIpc) is 2.19. The number of aliphatic hydroxyl groups excluding tert-OH is 1. The Balaban J connectivity index is 2.22. The molecule has 0 saturated carbocycles. The van der Waals surface area contributed by atoms with Gasteiger partial charge in [-0.15, -0.1) is 0 Å². The Kier molecular flexibility index (Phi) is 4.89. The van der Waals surface area contributed by atoms with Gasteiger partial charge in [-0.3, -0.25) is 0 Å². The summed E-state index contributed by atoms with van der Waals surface area (Å²) in [5.74, 6) is 0. The van der Waals surface area contributed by atoms with E-state index in [9.17, 15) is 8.78 Å². The number of hydrogen-bond donors (Lipinski definition) is 2. The van der Waals surface area contributed by atoms with E-state index in [2.05, 4.69) is 24.2 Å². The molecule has 0 radical (unpaired) electrons. The molecule has 2 N–H and O–H groups in total. The van der Waals surface area contributed by atoms with Crippen molar-refractivity contribution in [1.82, 2.24) is 10.2 Å². The molecule has 1 aliphatic heterocycles. The summed E-state index contributed by atoms with van der Waals surface area (Å²) in [6.45, 7) is 3.08. The van der Waals surface area contributed by atoms with Gasteiger partial charge in [0.25, 0.3) is 6.43 Å². The molecule has 0 aromatic carbocycles. The Hall–Kier alpha value is -0.260. The van der Waals surface area contributed by atoms with Crippen LogP contribution in [0.25, 0.3) is 0 Å². The molecule has 15 heavy (non-hydrogen) atoms. The first-order valence-corrected chi connectivity index (χ1v) is 5.40. The highest BCUT2D eigenvalue weighted by molar-refractivity contribution is 4.81. The van der Waals surface area contributed by atoms with E-state index in [-0.39, 0.29) is 12.6 Å². The van der Waals surface area contributed by atoms with Crippen LogP contribution in [0.3, 0.4) is 0 Å². The van der Waals surface area contributed by atoms with Gasteiger partial charge in [0.2, 0.25) is 0 Å². The summed E-state index contributed by atoms with van der Waals surface area (Å²) in [4.78, 5) is 2.25. The van der Waals surface area contributed by atoms with Crippen LogP contribution in [0, 0.1) is 0 Å². The van der Waals surface area contributed by atoms with Crippen molar-refractivity contribution in [3.05, 3.63) is 0 Å². The van der Waals surface area contributed by atoms with Crippen LogP contribution in [-0.4, -0.2) is 54.8 Å². The van der Waals surface area contributed by atoms with Crippen molar-refractivity contribution in [2.24, 2.45) is 0 Å². The van der Waals surface area contributed by atoms with Crippen LogP contribution in [0.5, 0.6) is 0 Å². The van der Waals surface area contributed by atoms with E-state index in [1.165, 1.54) is 0 Å². The van der Waals surface area contributed by atoms with E-state index < -0.39 is 12.5 Å². The lowest BCUT2D eigenvalue weighted by Crippen LogP contribution is -2.47. The number of halogens is 2. The summed E-state index contributed by atoms with van der Waals surface area (Å²) in [6, 6.07) is 0.726. The first-order chi connectivity index (χ1) is 7.00. The largest absolute Gasteiger partial charge is 0.386 e. The molecular formula is C10H20F2N2O. The molecule has 0 aromatic rings. The molecule has 1 rings (SSSR count). The zero-order chi connectivity index (χ0) is 11.4. The lowest BCUT2D eigenvalue weighted by atomic mass is 9.99. The summed E-state index contributed by atoms with van der Waals surface area (Å²) in [7, 11) is 2.06. The maximum atomic E-state index is 12.0. The lowest BCUT2D eigenvalue weighted by molar-refractivity contribution is -0.00614. The molecule has 3 unspecified atom stereocenters. The summed E-state index contributed by atoms with van der Waals surface area (Å²) >= 11 is 0. The number of aliphatic hydroxyl groups is 1. The van der Waals surface area contributed by atoms with Gasteiger partial charge < -0.3 is 15.3 Å². The predicted molar refractivity (Wildman–Crippen MR) is 55.1 cm³/mol. The minimum absolute atomic E-state index is 0.0151. The molecule has 1 heterocycles. The molecule has 3 nitrogen and oxygen atoms in total. The Labute approximate surface area is 89.5 Å². The molecule has 0 aromatic heterocycles. The number of hydrogen-bond acceptors (Lipinski definition) is 3. The molecule has 1 saturated heterocycles. The van der Waals surface area contributed by atoms with Crippen LogP contribution in [-0.2, 0) is 0 Å². The standard InChI is InChI=1S/C10H20F2N2O/c1-7-5-8(3-4-14(7)2)13-6-9(15)10(11)12/h7-10,13,15H,3-6H2,1-2H3. The van der Waals surface area contributed by atoms with E-state index in [4.69, 9.17) is 5.11 Å². The van der Waals surface area contributed by atoms with E-state index in [1.807, 2.05) is 0 Å². The molecule has 3 atom stereocenters. The molecular weight excluding hydrogens is 202 g/mol. The molecule has 5 heteroatoms. The smallest absolute Gasteiger partial charge is 0.265 e. The van der Waals surface area contributed by atoms with Gasteiger partial charge in [-0.25, -0.2) is 8.78 Å². The second kappa shape index (κ2) is 5.72. The van der Waals surface area contributed by atoms with Crippen LogP contribution in [0.4, 0.5) is 8.78 Å². The van der Waals surface area contributed by atoms with Gasteiger partial charge in [-0.2, -0.15) is 0 Å². The molecule has 0 amide bonds. The summed E-state index contributed by atoms with van der Waals surface area (Å²) < 4.78 is 24.0. The third-order valence-electron chi connectivity index (χ3n) is 3.11. The Morgan fingerprint density at radius 1 is 1.53 bits per heavy atom. The van der Waals surface area contributed by atoms with Gasteiger partial charge in [0.1, 0.15) is 6.10 Å². The Morgan fingerprint density at radius 3 is 2.73 bits per heavy atom. The first-order valence-electron chi connectivity index (χ1n) is 5.40. The number of rotatable bonds is 4. The van der Waals surface area contributed by atoms with Gasteiger partial charge in [0, 0.05) is 18.6 Å². The third-order valence-corrected chi connectivity index (χ3v) is 3.11. The fraction of sp³-hybridized carbons (Fsp3) is 1.00. The van der Waals surface area contributed by atoms with Gasteiger partial charge >= 0.3 is 0 Å². The van der Waals surface area contributed by atoms with Gasteiger partial charge in [0.05, 0.1) is 0 Å². The van der Waals surface area contributed by atoms with Crippen LogP contribution in [0.1, 0.15) is 19.8 Å². The van der Waals surface area contributed by atoms with Gasteiger partial charge in [-0.05, 0) is 33.4 Å². The maximum Gasteiger partial charge on any atom is 0.265 e. The van der Waals surface area contributed by atoms with Crippen LogP contribution >= 0.6 is 0 Å². The second-order valence-corrected chi connectivity index (χ2v) is 4.36. The van der Waals surface area contributed by atoms with Crippen LogP contribution in [0.2, 0.25) is 0 Å². The number of alkyl halides is 2. The zero-order valence-electron chi connectivity index (χ0n) is 9.29. The average molecular weight is 222 g/mol. The van der Waals surface area contributed by atoms with Crippen molar-refractivity contribution in [3.63, 3.8) is 0 Å². The Morgan fingerprint density at radius 2 is 2.20 bits per heavy atom. The van der Waals surface area contributed by atoms with E-state index in [1.54, 1.807) is 0 Å². The van der Waals surface area contributed by atoms with Crippen molar-refractivity contribution in [1.29, 1.82) is 0 Å². The highest BCUT2D eigenvalue weighted by Crippen LogP contribution is 2.15. The van der Waals surface area contributed by atoms with Crippen molar-refractivity contribution < 1.29 is 13.9 Å². The van der Waals surface area contributed by atoms with Crippen molar-refractivity contribution in [3.8, 4) is 0 Å². The molecule has 1 aliphatic rings. The normalized spacial score (nSPS) is 30.8. The number of nitrogens with zero attached hydrogens (tertiary/aromatic N) is 1. The van der Waals surface area contributed by atoms with Crippen molar-refractivity contribution in [2.75, 3.05) is 20.1 Å². The lowest BCUT2D eigenvalue weighted by Gasteiger charge is -2.35. The molecule has 0 spiro atoms. The highest BCUT2D eigenvalue weighted by Gasteiger charge is 2.24. The zero-order valence-corrected chi connectivity index (χ0v) is 9.29. The molecule has 0 aliphatic carbocycles. The van der Waals surface area contributed by atoms with E-state index in [0.29, 0.717) is 6.04 Å². The topological polar surface area (TPSA) is 35.5 Å². The predicted octanol–water partition coefficient (Wildman–Crippen LogP) is 0.685. The number of nitrogens with one attached hydrogen (secondary N) is 1. The number of piperidine rings is 1. The van der Waals surface area contributed by atoms with Crippen LogP contribution < -0.4 is 5.32 Å². The maximum absolute atomic E-state index is 12.0.